The number of nitro benzene ring substituents is 1. The van der Waals surface area contributed by atoms with Crippen LogP contribution in [0.1, 0.15) is 16.7 Å². The van der Waals surface area contributed by atoms with Crippen molar-refractivity contribution >= 4 is 29.0 Å². The van der Waals surface area contributed by atoms with E-state index in [2.05, 4.69) is 15.1 Å². The van der Waals surface area contributed by atoms with E-state index in [0.717, 1.165) is 43.0 Å². The fourth-order valence-electron chi connectivity index (χ4n) is 3.49. The van der Waals surface area contributed by atoms with Gasteiger partial charge >= 0.3 is 0 Å². The van der Waals surface area contributed by atoms with Crippen molar-refractivity contribution in [1.29, 1.82) is 5.26 Å². The van der Waals surface area contributed by atoms with Gasteiger partial charge < -0.3 is 15.1 Å². The summed E-state index contributed by atoms with van der Waals surface area (Å²) in [5.74, 6) is -0.549. The van der Waals surface area contributed by atoms with E-state index in [1.807, 2.05) is 39.1 Å². The Morgan fingerprint density at radius 2 is 1.90 bits per heavy atom. The van der Waals surface area contributed by atoms with Gasteiger partial charge in [-0.1, -0.05) is 12.1 Å². The van der Waals surface area contributed by atoms with Crippen LogP contribution in [0, 0.1) is 35.3 Å². The quantitative estimate of drug-likeness (QED) is 0.344. The fraction of sp³-hybridized carbons (Fsp3) is 0.304. The number of nitrogens with one attached hydrogen (secondary N) is 1. The number of nitriles is 1. The molecule has 3 rings (SSSR count). The molecule has 1 saturated heterocycles. The fourth-order valence-corrected chi connectivity index (χ4v) is 3.49. The summed E-state index contributed by atoms with van der Waals surface area (Å²) in [4.78, 5) is 28.0. The van der Waals surface area contributed by atoms with Crippen LogP contribution in [-0.4, -0.2) is 49.0 Å². The summed E-state index contributed by atoms with van der Waals surface area (Å²) in [6.07, 6.45) is 1.43. The predicted molar refractivity (Wildman–Crippen MR) is 121 cm³/mol. The van der Waals surface area contributed by atoms with Crippen LogP contribution in [0.15, 0.2) is 42.0 Å². The molecule has 0 bridgehead atoms. The van der Waals surface area contributed by atoms with Crippen LogP contribution < -0.4 is 10.2 Å². The number of nitro groups is 1. The number of anilines is 2. The number of carbonyl (C=O) groups excluding carboxylic acids is 1. The van der Waals surface area contributed by atoms with Crippen molar-refractivity contribution in [3.63, 3.8) is 0 Å². The summed E-state index contributed by atoms with van der Waals surface area (Å²) < 4.78 is 0. The smallest absolute Gasteiger partial charge is 0.270 e. The molecule has 8 heteroatoms. The molecule has 2 aromatic rings. The number of piperazine rings is 1. The van der Waals surface area contributed by atoms with Crippen molar-refractivity contribution in [1.82, 2.24) is 4.90 Å². The molecule has 1 N–H and O–H groups in total. The minimum atomic E-state index is -0.549. The number of carbonyl (C=O) groups is 1. The van der Waals surface area contributed by atoms with E-state index in [0.29, 0.717) is 11.3 Å². The summed E-state index contributed by atoms with van der Waals surface area (Å²) in [5.41, 5.74) is 3.62. The molecule has 31 heavy (non-hydrogen) atoms. The van der Waals surface area contributed by atoms with Gasteiger partial charge in [0, 0.05) is 55.2 Å². The third-order valence-corrected chi connectivity index (χ3v) is 5.58. The highest BCUT2D eigenvalue weighted by Crippen LogP contribution is 2.29. The topological polar surface area (TPSA) is 103 Å². The number of hydrogen-bond donors (Lipinski definition) is 1. The van der Waals surface area contributed by atoms with Gasteiger partial charge in [-0.2, -0.15) is 5.26 Å². The summed E-state index contributed by atoms with van der Waals surface area (Å²) in [6.45, 7) is 7.07. The molecular weight excluding hydrogens is 394 g/mol. The highest BCUT2D eigenvalue weighted by atomic mass is 16.6. The van der Waals surface area contributed by atoms with Gasteiger partial charge in [0.15, 0.2) is 0 Å². The Bertz CT molecular complexity index is 1080. The molecule has 1 amide bonds. The number of hydrogen-bond acceptors (Lipinski definition) is 6. The average molecular weight is 419 g/mol. The number of non-ortho nitro benzene ring substituents is 1. The van der Waals surface area contributed by atoms with Gasteiger partial charge in [0.05, 0.1) is 4.92 Å². The predicted octanol–water partition coefficient (Wildman–Crippen LogP) is 3.51. The minimum absolute atomic E-state index is 0.0867. The van der Waals surface area contributed by atoms with E-state index in [1.54, 1.807) is 12.1 Å². The molecule has 0 spiro atoms. The Hall–Kier alpha value is -3.70. The van der Waals surface area contributed by atoms with E-state index >= 15 is 0 Å². The molecule has 0 atom stereocenters. The van der Waals surface area contributed by atoms with Gasteiger partial charge in [-0.3, -0.25) is 14.9 Å². The number of nitrogens with zero attached hydrogens (tertiary/aromatic N) is 4. The Morgan fingerprint density at radius 1 is 1.19 bits per heavy atom. The van der Waals surface area contributed by atoms with Crippen LogP contribution in [0.4, 0.5) is 17.1 Å². The van der Waals surface area contributed by atoms with Crippen LogP contribution in [0.3, 0.4) is 0 Å². The molecular formula is C23H25N5O3. The zero-order valence-corrected chi connectivity index (χ0v) is 17.9. The standard InChI is InChI=1S/C23H25N5O3/c1-16-5-4-6-21(17(16)2)25-23(29)19(15-24)13-18-14-20(28(30)31)7-8-22(18)27-11-9-26(3)10-12-27/h4-8,13-14H,9-12H2,1-3H3,(H,25,29)/b19-13+. The van der Waals surface area contributed by atoms with Gasteiger partial charge in [0.25, 0.3) is 11.6 Å². The molecule has 0 unspecified atom stereocenters. The highest BCUT2D eigenvalue weighted by Gasteiger charge is 2.20. The third-order valence-electron chi connectivity index (χ3n) is 5.58. The van der Waals surface area contributed by atoms with E-state index in [-0.39, 0.29) is 11.3 Å². The summed E-state index contributed by atoms with van der Waals surface area (Å²) in [7, 11) is 2.04. The lowest BCUT2D eigenvalue weighted by Gasteiger charge is -2.34. The maximum absolute atomic E-state index is 12.8. The number of aryl methyl sites for hydroxylation is 1. The Balaban J connectivity index is 1.97. The van der Waals surface area contributed by atoms with Crippen molar-refractivity contribution in [2.45, 2.75) is 13.8 Å². The monoisotopic (exact) mass is 419 g/mol. The molecule has 0 radical (unpaired) electrons. The molecule has 2 aromatic carbocycles. The number of likely N-dealkylation sites (N-methyl/N-ethyl adjacent to an activating group) is 1. The first-order valence-corrected chi connectivity index (χ1v) is 10.0. The van der Waals surface area contributed by atoms with Crippen LogP contribution >= 0.6 is 0 Å². The van der Waals surface area contributed by atoms with E-state index in [9.17, 15) is 20.2 Å². The van der Waals surface area contributed by atoms with Crippen LogP contribution in [0.5, 0.6) is 0 Å². The molecule has 1 fully saturated rings. The van der Waals surface area contributed by atoms with E-state index in [4.69, 9.17) is 0 Å². The summed E-state index contributed by atoms with van der Waals surface area (Å²) in [6, 6.07) is 12.0. The van der Waals surface area contributed by atoms with Gasteiger partial charge in [0.2, 0.25) is 0 Å². The second-order valence-electron chi connectivity index (χ2n) is 7.66. The van der Waals surface area contributed by atoms with Crippen molar-refractivity contribution in [2.75, 3.05) is 43.4 Å². The van der Waals surface area contributed by atoms with Gasteiger partial charge in [-0.05, 0) is 50.2 Å². The van der Waals surface area contributed by atoms with Crippen molar-refractivity contribution in [3.05, 3.63) is 68.8 Å². The SMILES string of the molecule is Cc1cccc(NC(=O)/C(C#N)=C/c2cc([N+](=O)[O-])ccc2N2CCN(C)CC2)c1C. The molecule has 0 aliphatic carbocycles. The molecule has 8 nitrogen and oxygen atoms in total. The Morgan fingerprint density at radius 3 is 2.55 bits per heavy atom. The second kappa shape index (κ2) is 9.41. The van der Waals surface area contributed by atoms with Gasteiger partial charge in [-0.15, -0.1) is 0 Å². The Kier molecular flexibility index (Phi) is 6.68. The van der Waals surface area contributed by atoms with Crippen molar-refractivity contribution in [3.8, 4) is 6.07 Å². The van der Waals surface area contributed by atoms with Crippen LogP contribution in [0.25, 0.3) is 6.08 Å². The largest absolute Gasteiger partial charge is 0.368 e. The first kappa shape index (κ1) is 22.0. The Labute approximate surface area is 181 Å². The zero-order valence-electron chi connectivity index (χ0n) is 17.9. The molecule has 1 heterocycles. The van der Waals surface area contributed by atoms with E-state index < -0.39 is 10.8 Å². The molecule has 1 aliphatic rings. The summed E-state index contributed by atoms with van der Waals surface area (Å²) >= 11 is 0. The first-order valence-electron chi connectivity index (χ1n) is 10.0. The van der Waals surface area contributed by atoms with E-state index in [1.165, 1.54) is 18.2 Å². The molecule has 0 aromatic heterocycles. The van der Waals surface area contributed by atoms with Crippen LogP contribution in [-0.2, 0) is 4.79 Å². The number of benzene rings is 2. The zero-order chi connectivity index (χ0) is 22.5. The first-order chi connectivity index (χ1) is 14.8. The lowest BCUT2D eigenvalue weighted by atomic mass is 10.1. The van der Waals surface area contributed by atoms with Crippen LogP contribution in [0.2, 0.25) is 0 Å². The molecule has 1 aliphatic heterocycles. The number of amides is 1. The normalized spacial score (nSPS) is 14.8. The second-order valence-corrected chi connectivity index (χ2v) is 7.66. The van der Waals surface area contributed by atoms with Gasteiger partial charge in [-0.25, -0.2) is 0 Å². The average Bonchev–Trinajstić information content (AvgIpc) is 2.75. The van der Waals surface area contributed by atoms with Crippen molar-refractivity contribution < 1.29 is 9.72 Å². The lowest BCUT2D eigenvalue weighted by molar-refractivity contribution is -0.384. The lowest BCUT2D eigenvalue weighted by Crippen LogP contribution is -2.44. The highest BCUT2D eigenvalue weighted by molar-refractivity contribution is 6.10. The number of rotatable bonds is 5. The van der Waals surface area contributed by atoms with Crippen molar-refractivity contribution in [2.24, 2.45) is 0 Å². The molecule has 0 saturated carbocycles. The third kappa shape index (κ3) is 5.08. The maximum atomic E-state index is 12.8. The maximum Gasteiger partial charge on any atom is 0.270 e. The molecule has 160 valence electrons. The van der Waals surface area contributed by atoms with Gasteiger partial charge in [0.1, 0.15) is 11.6 Å². The summed E-state index contributed by atoms with van der Waals surface area (Å²) in [5, 5.41) is 23.7. The minimum Gasteiger partial charge on any atom is -0.368 e.